The van der Waals surface area contributed by atoms with E-state index in [0.29, 0.717) is 6.54 Å². The highest BCUT2D eigenvalue weighted by atomic mass is 16.3. The number of rotatable bonds is 6. The van der Waals surface area contributed by atoms with Gasteiger partial charge in [0.1, 0.15) is 0 Å². The molecule has 5 nitrogen and oxygen atoms in total. The number of aliphatic hydroxyl groups excluding tert-OH is 1. The van der Waals surface area contributed by atoms with Gasteiger partial charge >= 0.3 is 0 Å². The highest BCUT2D eigenvalue weighted by Crippen LogP contribution is 2.16. The number of nitrogens with one attached hydrogen (secondary N) is 3. The second-order valence-corrected chi connectivity index (χ2v) is 5.50. The van der Waals surface area contributed by atoms with Crippen LogP contribution in [0, 0.1) is 0 Å². The van der Waals surface area contributed by atoms with Gasteiger partial charge in [0.2, 0.25) is 0 Å². The zero-order valence-corrected chi connectivity index (χ0v) is 13.0. The van der Waals surface area contributed by atoms with Crippen LogP contribution in [0.1, 0.15) is 11.1 Å². The topological polar surface area (TPSA) is 68.7 Å². The molecule has 1 aliphatic heterocycles. The van der Waals surface area contributed by atoms with Crippen molar-refractivity contribution in [3.63, 3.8) is 0 Å². The summed E-state index contributed by atoms with van der Waals surface area (Å²) in [5, 5.41) is 18.4. The van der Waals surface area contributed by atoms with E-state index in [1.54, 1.807) is 0 Å². The van der Waals surface area contributed by atoms with Crippen LogP contribution in [-0.4, -0.2) is 37.3 Å². The van der Waals surface area contributed by atoms with Crippen molar-refractivity contribution >= 4 is 17.3 Å². The fraction of sp³-hybridized carbons (Fsp3) is 0.278. The Hall–Kier alpha value is -2.53. The summed E-state index contributed by atoms with van der Waals surface area (Å²) in [4.78, 5) is 4.32. The first-order valence-electron chi connectivity index (χ1n) is 7.91. The molecule has 0 fully saturated rings. The SMILES string of the molecule is OCCNc1ccc(Cc2ccc(NC3=NCCN3)cc2)cc1. The van der Waals surface area contributed by atoms with Gasteiger partial charge in [0.25, 0.3) is 0 Å². The minimum absolute atomic E-state index is 0.143. The molecule has 0 saturated carbocycles. The third kappa shape index (κ3) is 4.47. The maximum atomic E-state index is 8.81. The molecule has 0 aromatic heterocycles. The summed E-state index contributed by atoms with van der Waals surface area (Å²) >= 11 is 0. The van der Waals surface area contributed by atoms with Crippen LogP contribution in [0.4, 0.5) is 11.4 Å². The lowest BCUT2D eigenvalue weighted by atomic mass is 10.0. The fourth-order valence-corrected chi connectivity index (χ4v) is 2.50. The molecule has 2 aromatic carbocycles. The van der Waals surface area contributed by atoms with Crippen LogP contribution >= 0.6 is 0 Å². The molecular weight excluding hydrogens is 288 g/mol. The average molecular weight is 310 g/mol. The van der Waals surface area contributed by atoms with E-state index in [9.17, 15) is 0 Å². The summed E-state index contributed by atoms with van der Waals surface area (Å²) in [6.45, 7) is 2.46. The molecule has 5 heteroatoms. The van der Waals surface area contributed by atoms with Crippen molar-refractivity contribution in [2.75, 3.05) is 36.9 Å². The highest BCUT2D eigenvalue weighted by Gasteiger charge is 2.04. The molecule has 0 amide bonds. The van der Waals surface area contributed by atoms with Gasteiger partial charge in [-0.1, -0.05) is 24.3 Å². The first-order chi connectivity index (χ1) is 11.3. The quantitative estimate of drug-likeness (QED) is 0.659. The highest BCUT2D eigenvalue weighted by molar-refractivity contribution is 5.94. The molecule has 4 N–H and O–H groups in total. The zero-order valence-electron chi connectivity index (χ0n) is 13.0. The standard InChI is InChI=1S/C18H22N4O/c23-12-11-19-16-5-1-14(2-6-16)13-15-3-7-17(8-4-15)22-18-20-9-10-21-18/h1-8,19,23H,9-13H2,(H2,20,21,22). The Kier molecular flexibility index (Phi) is 5.11. The number of aliphatic imine (C=N–C) groups is 1. The largest absolute Gasteiger partial charge is 0.395 e. The number of nitrogens with zero attached hydrogens (tertiary/aromatic N) is 1. The number of aliphatic hydroxyl groups is 1. The van der Waals surface area contributed by atoms with Gasteiger partial charge in [-0.3, -0.25) is 4.99 Å². The molecular formula is C18H22N4O. The van der Waals surface area contributed by atoms with Crippen molar-refractivity contribution in [2.24, 2.45) is 4.99 Å². The lowest BCUT2D eigenvalue weighted by molar-refractivity contribution is 0.311. The number of guanidine groups is 1. The first kappa shape index (κ1) is 15.4. The molecule has 2 aromatic rings. The molecule has 0 aliphatic carbocycles. The summed E-state index contributed by atoms with van der Waals surface area (Å²) < 4.78 is 0. The van der Waals surface area contributed by atoms with Gasteiger partial charge in [-0.05, 0) is 41.8 Å². The molecule has 0 atom stereocenters. The van der Waals surface area contributed by atoms with Crippen LogP contribution in [-0.2, 0) is 6.42 Å². The van der Waals surface area contributed by atoms with E-state index in [1.807, 2.05) is 12.1 Å². The minimum atomic E-state index is 0.143. The minimum Gasteiger partial charge on any atom is -0.395 e. The predicted molar refractivity (Wildman–Crippen MR) is 95.2 cm³/mol. The molecule has 1 aliphatic rings. The second kappa shape index (κ2) is 7.65. The van der Waals surface area contributed by atoms with Gasteiger partial charge in [0.15, 0.2) is 5.96 Å². The number of anilines is 2. The van der Waals surface area contributed by atoms with Crippen molar-refractivity contribution in [1.29, 1.82) is 0 Å². The second-order valence-electron chi connectivity index (χ2n) is 5.50. The lowest BCUT2D eigenvalue weighted by Gasteiger charge is -2.09. The summed E-state index contributed by atoms with van der Waals surface area (Å²) in [5.74, 6) is 0.851. The van der Waals surface area contributed by atoms with E-state index in [2.05, 4.69) is 57.3 Å². The molecule has 0 unspecified atom stereocenters. The van der Waals surface area contributed by atoms with Crippen molar-refractivity contribution in [3.8, 4) is 0 Å². The van der Waals surface area contributed by atoms with Crippen LogP contribution in [0.25, 0.3) is 0 Å². The average Bonchev–Trinajstić information content (AvgIpc) is 3.09. The molecule has 0 spiro atoms. The Morgan fingerprint density at radius 3 is 2.17 bits per heavy atom. The molecule has 0 radical (unpaired) electrons. The summed E-state index contributed by atoms with van der Waals surface area (Å²) in [6, 6.07) is 16.7. The summed E-state index contributed by atoms with van der Waals surface area (Å²) in [7, 11) is 0. The van der Waals surface area contributed by atoms with Gasteiger partial charge in [0, 0.05) is 24.5 Å². The monoisotopic (exact) mass is 310 g/mol. The Morgan fingerprint density at radius 1 is 0.957 bits per heavy atom. The summed E-state index contributed by atoms with van der Waals surface area (Å²) in [6.07, 6.45) is 0.903. The van der Waals surface area contributed by atoms with E-state index in [4.69, 9.17) is 5.11 Å². The predicted octanol–water partition coefficient (Wildman–Crippen LogP) is 2.05. The molecule has 0 bridgehead atoms. The molecule has 23 heavy (non-hydrogen) atoms. The zero-order chi connectivity index (χ0) is 15.9. The van der Waals surface area contributed by atoms with Crippen LogP contribution in [0.2, 0.25) is 0 Å². The third-order valence-electron chi connectivity index (χ3n) is 3.69. The van der Waals surface area contributed by atoms with Crippen molar-refractivity contribution in [3.05, 3.63) is 59.7 Å². The number of benzene rings is 2. The van der Waals surface area contributed by atoms with E-state index in [1.165, 1.54) is 11.1 Å². The van der Waals surface area contributed by atoms with E-state index < -0.39 is 0 Å². The van der Waals surface area contributed by atoms with Crippen LogP contribution in [0.3, 0.4) is 0 Å². The molecule has 0 saturated heterocycles. The van der Waals surface area contributed by atoms with Crippen molar-refractivity contribution < 1.29 is 5.11 Å². The number of hydrogen-bond donors (Lipinski definition) is 4. The van der Waals surface area contributed by atoms with E-state index >= 15 is 0 Å². The molecule has 1 heterocycles. The van der Waals surface area contributed by atoms with Gasteiger partial charge in [0.05, 0.1) is 13.2 Å². The Labute approximate surface area is 136 Å². The maximum absolute atomic E-state index is 8.81. The maximum Gasteiger partial charge on any atom is 0.195 e. The van der Waals surface area contributed by atoms with E-state index in [0.717, 1.165) is 36.8 Å². The first-order valence-corrected chi connectivity index (χ1v) is 7.91. The molecule has 3 rings (SSSR count). The van der Waals surface area contributed by atoms with Gasteiger partial charge in [-0.15, -0.1) is 0 Å². The Balaban J connectivity index is 1.57. The fourth-order valence-electron chi connectivity index (χ4n) is 2.50. The lowest BCUT2D eigenvalue weighted by Crippen LogP contribution is -2.26. The van der Waals surface area contributed by atoms with Crippen molar-refractivity contribution in [2.45, 2.75) is 6.42 Å². The van der Waals surface area contributed by atoms with Gasteiger partial charge < -0.3 is 21.1 Å². The third-order valence-corrected chi connectivity index (χ3v) is 3.69. The van der Waals surface area contributed by atoms with Crippen LogP contribution < -0.4 is 16.0 Å². The van der Waals surface area contributed by atoms with Crippen molar-refractivity contribution in [1.82, 2.24) is 5.32 Å². The van der Waals surface area contributed by atoms with E-state index in [-0.39, 0.29) is 6.61 Å². The smallest absolute Gasteiger partial charge is 0.195 e. The van der Waals surface area contributed by atoms with Gasteiger partial charge in [-0.2, -0.15) is 0 Å². The number of hydrogen-bond acceptors (Lipinski definition) is 5. The summed E-state index contributed by atoms with van der Waals surface area (Å²) in [5.41, 5.74) is 4.62. The Bertz CT molecular complexity index is 650. The Morgan fingerprint density at radius 2 is 1.61 bits per heavy atom. The van der Waals surface area contributed by atoms with Crippen LogP contribution in [0.15, 0.2) is 53.5 Å². The molecule has 120 valence electrons. The van der Waals surface area contributed by atoms with Gasteiger partial charge in [-0.25, -0.2) is 0 Å². The van der Waals surface area contributed by atoms with Crippen LogP contribution in [0.5, 0.6) is 0 Å². The normalized spacial score (nSPS) is 13.3.